The molecule has 0 aliphatic heterocycles. The predicted octanol–water partition coefficient (Wildman–Crippen LogP) is 5.04. The van der Waals surface area contributed by atoms with E-state index in [0.717, 1.165) is 11.6 Å². The average Bonchev–Trinajstić information content (AvgIpc) is 2.37. The lowest BCUT2D eigenvalue weighted by molar-refractivity contribution is -0.140. The van der Waals surface area contributed by atoms with Gasteiger partial charge in [0.15, 0.2) is 5.78 Å². The van der Waals surface area contributed by atoms with E-state index in [1.165, 1.54) is 12.1 Å². The first-order valence-corrected chi connectivity index (χ1v) is 6.25. The SMILES string of the molecule is Cc1ccc(C(=O)c2ccc(F)c(C(F)(F)F)c2)c(Cl)c1. The van der Waals surface area contributed by atoms with Gasteiger partial charge in [-0.3, -0.25) is 4.79 Å². The van der Waals surface area contributed by atoms with Crippen molar-refractivity contribution >= 4 is 17.4 Å². The second kappa shape index (κ2) is 5.48. The lowest BCUT2D eigenvalue weighted by atomic mass is 10.00. The van der Waals surface area contributed by atoms with Crippen LogP contribution in [0.15, 0.2) is 36.4 Å². The van der Waals surface area contributed by atoms with Crippen LogP contribution in [0.3, 0.4) is 0 Å². The minimum atomic E-state index is -4.86. The second-order valence-electron chi connectivity index (χ2n) is 4.50. The maximum Gasteiger partial charge on any atom is 0.419 e. The Bertz CT molecular complexity index is 707. The molecule has 0 aromatic heterocycles. The third kappa shape index (κ3) is 3.24. The highest BCUT2D eigenvalue weighted by Gasteiger charge is 2.34. The Morgan fingerprint density at radius 1 is 1.10 bits per heavy atom. The van der Waals surface area contributed by atoms with Gasteiger partial charge in [-0.25, -0.2) is 4.39 Å². The molecule has 0 saturated carbocycles. The molecule has 0 saturated heterocycles. The zero-order chi connectivity index (χ0) is 15.8. The maximum atomic E-state index is 13.2. The van der Waals surface area contributed by atoms with Gasteiger partial charge in [-0.15, -0.1) is 0 Å². The number of hydrogen-bond acceptors (Lipinski definition) is 1. The quantitative estimate of drug-likeness (QED) is 0.560. The van der Waals surface area contributed by atoms with E-state index in [4.69, 9.17) is 11.6 Å². The van der Waals surface area contributed by atoms with Crippen LogP contribution in [-0.4, -0.2) is 5.78 Å². The van der Waals surface area contributed by atoms with E-state index < -0.39 is 23.3 Å². The monoisotopic (exact) mass is 316 g/mol. The summed E-state index contributed by atoms with van der Waals surface area (Å²) in [4.78, 5) is 12.2. The summed E-state index contributed by atoms with van der Waals surface area (Å²) in [5.74, 6) is -2.11. The molecule has 0 bridgehead atoms. The number of hydrogen-bond donors (Lipinski definition) is 0. The van der Waals surface area contributed by atoms with Crippen molar-refractivity contribution in [2.24, 2.45) is 0 Å². The van der Waals surface area contributed by atoms with Crippen molar-refractivity contribution < 1.29 is 22.4 Å². The summed E-state index contributed by atoms with van der Waals surface area (Å²) in [6.45, 7) is 1.76. The number of halogens is 5. The molecule has 0 spiro atoms. The Labute approximate surface area is 123 Å². The van der Waals surface area contributed by atoms with Crippen molar-refractivity contribution in [1.82, 2.24) is 0 Å². The third-order valence-corrected chi connectivity index (χ3v) is 3.22. The number of aryl methyl sites for hydroxylation is 1. The number of carbonyl (C=O) groups excluding carboxylic acids is 1. The molecule has 0 N–H and O–H groups in total. The number of carbonyl (C=O) groups is 1. The van der Waals surface area contributed by atoms with Crippen LogP contribution in [0.1, 0.15) is 27.0 Å². The Kier molecular flexibility index (Phi) is 4.05. The lowest BCUT2D eigenvalue weighted by Crippen LogP contribution is -2.11. The highest BCUT2D eigenvalue weighted by molar-refractivity contribution is 6.35. The molecule has 0 amide bonds. The molecule has 0 atom stereocenters. The minimum Gasteiger partial charge on any atom is -0.289 e. The first kappa shape index (κ1) is 15.5. The van der Waals surface area contributed by atoms with Crippen molar-refractivity contribution in [3.63, 3.8) is 0 Å². The molecule has 6 heteroatoms. The van der Waals surface area contributed by atoms with Gasteiger partial charge in [0.25, 0.3) is 0 Å². The van der Waals surface area contributed by atoms with E-state index in [2.05, 4.69) is 0 Å². The molecular formula is C15H9ClF4O. The summed E-state index contributed by atoms with van der Waals surface area (Å²) >= 11 is 5.92. The molecule has 2 rings (SSSR count). The van der Waals surface area contributed by atoms with Gasteiger partial charge in [0.2, 0.25) is 0 Å². The molecule has 0 radical (unpaired) electrons. The van der Waals surface area contributed by atoms with Gasteiger partial charge in [0, 0.05) is 11.1 Å². The van der Waals surface area contributed by atoms with Gasteiger partial charge in [-0.05, 0) is 42.8 Å². The molecule has 2 aromatic rings. The number of benzene rings is 2. The highest BCUT2D eigenvalue weighted by Crippen LogP contribution is 2.32. The zero-order valence-electron chi connectivity index (χ0n) is 10.8. The van der Waals surface area contributed by atoms with Crippen LogP contribution in [0.2, 0.25) is 5.02 Å². The summed E-state index contributed by atoms with van der Waals surface area (Å²) < 4.78 is 51.2. The van der Waals surface area contributed by atoms with Crippen molar-refractivity contribution in [3.8, 4) is 0 Å². The minimum absolute atomic E-state index is 0.0713. The van der Waals surface area contributed by atoms with Crippen molar-refractivity contribution in [2.75, 3.05) is 0 Å². The number of ketones is 1. The standard InChI is InChI=1S/C15H9ClF4O/c1-8-2-4-10(12(16)6-8)14(21)9-3-5-13(17)11(7-9)15(18,19)20/h2-7H,1H3. The van der Waals surface area contributed by atoms with Gasteiger partial charge >= 0.3 is 6.18 Å². The molecule has 1 nitrogen and oxygen atoms in total. The molecule has 21 heavy (non-hydrogen) atoms. The van der Waals surface area contributed by atoms with Gasteiger partial charge in [0.1, 0.15) is 5.82 Å². The molecule has 0 aliphatic carbocycles. The second-order valence-corrected chi connectivity index (χ2v) is 4.91. The third-order valence-electron chi connectivity index (χ3n) is 2.90. The molecular weight excluding hydrogens is 308 g/mol. The Hall–Kier alpha value is -1.88. The summed E-state index contributed by atoms with van der Waals surface area (Å²) in [7, 11) is 0. The smallest absolute Gasteiger partial charge is 0.289 e. The van der Waals surface area contributed by atoms with Crippen LogP contribution in [0, 0.1) is 12.7 Å². The van der Waals surface area contributed by atoms with E-state index in [0.29, 0.717) is 12.1 Å². The predicted molar refractivity (Wildman–Crippen MR) is 71.0 cm³/mol. The van der Waals surface area contributed by atoms with E-state index >= 15 is 0 Å². The Morgan fingerprint density at radius 2 is 1.76 bits per heavy atom. The van der Waals surface area contributed by atoms with Gasteiger partial charge in [0.05, 0.1) is 10.6 Å². The largest absolute Gasteiger partial charge is 0.419 e. The molecule has 0 heterocycles. The van der Waals surface area contributed by atoms with Crippen LogP contribution in [0.4, 0.5) is 17.6 Å². The summed E-state index contributed by atoms with van der Waals surface area (Å²) in [5.41, 5.74) is -0.861. The topological polar surface area (TPSA) is 17.1 Å². The fourth-order valence-corrected chi connectivity index (χ4v) is 2.16. The maximum absolute atomic E-state index is 13.2. The Morgan fingerprint density at radius 3 is 2.33 bits per heavy atom. The molecule has 0 aliphatic rings. The molecule has 0 unspecified atom stereocenters. The summed E-state index contributed by atoms with van der Waals surface area (Å²) in [6, 6.07) is 6.70. The zero-order valence-corrected chi connectivity index (χ0v) is 11.5. The van der Waals surface area contributed by atoms with E-state index in [1.807, 2.05) is 0 Å². The van der Waals surface area contributed by atoms with E-state index in [1.54, 1.807) is 13.0 Å². The van der Waals surface area contributed by atoms with Crippen molar-refractivity contribution in [2.45, 2.75) is 13.1 Å². The fraction of sp³-hybridized carbons (Fsp3) is 0.133. The van der Waals surface area contributed by atoms with E-state index in [-0.39, 0.29) is 16.1 Å². The van der Waals surface area contributed by atoms with Crippen LogP contribution < -0.4 is 0 Å². The van der Waals surface area contributed by atoms with E-state index in [9.17, 15) is 22.4 Å². The summed E-state index contributed by atoms with van der Waals surface area (Å²) in [5, 5.41) is 0.137. The van der Waals surface area contributed by atoms with Crippen molar-refractivity contribution in [1.29, 1.82) is 0 Å². The van der Waals surface area contributed by atoms with Crippen LogP contribution >= 0.6 is 11.6 Å². The number of rotatable bonds is 2. The number of alkyl halides is 3. The lowest BCUT2D eigenvalue weighted by Gasteiger charge is -2.10. The molecule has 110 valence electrons. The van der Waals surface area contributed by atoms with Crippen LogP contribution in [0.25, 0.3) is 0 Å². The fourth-order valence-electron chi connectivity index (χ4n) is 1.84. The van der Waals surface area contributed by atoms with Crippen molar-refractivity contribution in [3.05, 3.63) is 69.5 Å². The van der Waals surface area contributed by atoms with Crippen LogP contribution in [0.5, 0.6) is 0 Å². The molecule has 2 aromatic carbocycles. The first-order chi connectivity index (χ1) is 9.70. The summed E-state index contributed by atoms with van der Waals surface area (Å²) in [6.07, 6.45) is -4.86. The van der Waals surface area contributed by atoms with Crippen LogP contribution in [-0.2, 0) is 6.18 Å². The first-order valence-electron chi connectivity index (χ1n) is 5.88. The van der Waals surface area contributed by atoms with Gasteiger partial charge < -0.3 is 0 Å². The van der Waals surface area contributed by atoms with Gasteiger partial charge in [-0.2, -0.15) is 13.2 Å². The highest BCUT2D eigenvalue weighted by atomic mass is 35.5. The Balaban J connectivity index is 2.49. The van der Waals surface area contributed by atoms with Gasteiger partial charge in [-0.1, -0.05) is 17.7 Å². The normalized spacial score (nSPS) is 11.5. The average molecular weight is 317 g/mol. The molecule has 0 fully saturated rings.